The van der Waals surface area contributed by atoms with Crippen LogP contribution in [0.2, 0.25) is 0 Å². The van der Waals surface area contributed by atoms with Crippen LogP contribution < -0.4 is 0 Å². The van der Waals surface area contributed by atoms with Gasteiger partial charge in [-0.2, -0.15) is 0 Å². The maximum Gasteiger partial charge on any atom is 0.357 e. The fraction of sp³-hybridized carbons (Fsp3) is 0.167. The van der Waals surface area contributed by atoms with E-state index in [1.54, 1.807) is 0 Å². The molecule has 0 unspecified atom stereocenters. The van der Waals surface area contributed by atoms with Crippen LogP contribution in [0.15, 0.2) is 24.5 Å². The van der Waals surface area contributed by atoms with E-state index in [0.29, 0.717) is 24.4 Å². The van der Waals surface area contributed by atoms with Gasteiger partial charge in [0.15, 0.2) is 17.3 Å². The third-order valence-corrected chi connectivity index (χ3v) is 2.79. The Labute approximate surface area is 101 Å². The zero-order chi connectivity index (χ0) is 12.7. The van der Waals surface area contributed by atoms with Crippen LogP contribution in [-0.4, -0.2) is 22.1 Å². The van der Waals surface area contributed by atoms with Crippen LogP contribution in [0.4, 0.5) is 8.78 Å². The molecule has 0 N–H and O–H groups in total. The summed E-state index contributed by atoms with van der Waals surface area (Å²) < 4.78 is 32.4. The second-order valence-electron chi connectivity index (χ2n) is 3.89. The number of carbonyl (C=O) groups is 1. The minimum Gasteiger partial charge on any atom is -0.461 e. The van der Waals surface area contributed by atoms with E-state index >= 15 is 0 Å². The summed E-state index contributed by atoms with van der Waals surface area (Å²) in [5.41, 5.74) is 1.21. The van der Waals surface area contributed by atoms with Crippen molar-refractivity contribution >= 4 is 5.97 Å². The molecule has 92 valence electrons. The van der Waals surface area contributed by atoms with Gasteiger partial charge in [-0.1, -0.05) is 0 Å². The molecule has 0 atom stereocenters. The van der Waals surface area contributed by atoms with Gasteiger partial charge in [0.1, 0.15) is 6.33 Å². The largest absolute Gasteiger partial charge is 0.461 e. The molecule has 0 spiro atoms. The van der Waals surface area contributed by atoms with Crippen LogP contribution in [-0.2, 0) is 11.2 Å². The number of fused-ring (bicyclic) bond motifs is 1. The maximum atomic E-state index is 13.2. The Morgan fingerprint density at radius 2 is 2.11 bits per heavy atom. The van der Waals surface area contributed by atoms with Crippen molar-refractivity contribution in [1.29, 1.82) is 0 Å². The van der Waals surface area contributed by atoms with Crippen molar-refractivity contribution < 1.29 is 18.3 Å². The minimum atomic E-state index is -0.973. The highest BCUT2D eigenvalue weighted by atomic mass is 19.2. The SMILES string of the molecule is O=C1OCCc2ncn(-c3ccc(F)c(F)c3)c21. The summed E-state index contributed by atoms with van der Waals surface area (Å²) in [6.07, 6.45) is 1.93. The van der Waals surface area contributed by atoms with Crippen molar-refractivity contribution in [3.63, 3.8) is 0 Å². The zero-order valence-corrected chi connectivity index (χ0v) is 9.19. The van der Waals surface area contributed by atoms with Gasteiger partial charge in [0.25, 0.3) is 0 Å². The van der Waals surface area contributed by atoms with Crippen LogP contribution in [0.25, 0.3) is 5.69 Å². The summed E-state index contributed by atoms with van der Waals surface area (Å²) in [5, 5.41) is 0. The Morgan fingerprint density at radius 1 is 1.28 bits per heavy atom. The first-order valence-corrected chi connectivity index (χ1v) is 5.35. The molecule has 0 fully saturated rings. The quantitative estimate of drug-likeness (QED) is 0.726. The lowest BCUT2D eigenvalue weighted by Gasteiger charge is -2.13. The van der Waals surface area contributed by atoms with E-state index < -0.39 is 17.6 Å². The molecular formula is C12H8F2N2O2. The molecule has 1 aromatic heterocycles. The number of imidazole rings is 1. The number of nitrogens with zero attached hydrogens (tertiary/aromatic N) is 2. The molecule has 1 aliphatic rings. The summed E-state index contributed by atoms with van der Waals surface area (Å²) in [6, 6.07) is 3.40. The Balaban J connectivity index is 2.15. The number of ether oxygens (including phenoxy) is 1. The van der Waals surface area contributed by atoms with Crippen molar-refractivity contribution in [2.24, 2.45) is 0 Å². The van der Waals surface area contributed by atoms with Crippen molar-refractivity contribution in [2.75, 3.05) is 6.61 Å². The Morgan fingerprint density at radius 3 is 2.89 bits per heavy atom. The van der Waals surface area contributed by atoms with Crippen LogP contribution in [0.5, 0.6) is 0 Å². The molecule has 1 aliphatic heterocycles. The number of benzene rings is 1. The van der Waals surface area contributed by atoms with Gasteiger partial charge in [-0.15, -0.1) is 0 Å². The smallest absolute Gasteiger partial charge is 0.357 e. The predicted octanol–water partition coefficient (Wildman–Crippen LogP) is 1.86. The molecule has 0 amide bonds. The molecule has 0 saturated carbocycles. The first-order chi connectivity index (χ1) is 8.66. The molecule has 2 aromatic rings. The molecule has 0 saturated heterocycles. The van der Waals surface area contributed by atoms with Crippen LogP contribution in [0.1, 0.15) is 16.2 Å². The van der Waals surface area contributed by atoms with Crippen LogP contribution in [0, 0.1) is 11.6 Å². The van der Waals surface area contributed by atoms with Crippen molar-refractivity contribution in [3.8, 4) is 5.69 Å². The number of esters is 1. The van der Waals surface area contributed by atoms with Crippen molar-refractivity contribution in [1.82, 2.24) is 9.55 Å². The summed E-state index contributed by atoms with van der Waals surface area (Å²) in [4.78, 5) is 15.7. The molecule has 4 nitrogen and oxygen atoms in total. The van der Waals surface area contributed by atoms with Gasteiger partial charge in [0.2, 0.25) is 0 Å². The Bertz CT molecular complexity index is 637. The van der Waals surface area contributed by atoms with E-state index in [1.165, 1.54) is 17.0 Å². The van der Waals surface area contributed by atoms with Gasteiger partial charge < -0.3 is 4.74 Å². The summed E-state index contributed by atoms with van der Waals surface area (Å²) in [7, 11) is 0. The molecular weight excluding hydrogens is 242 g/mol. The first kappa shape index (κ1) is 10.9. The lowest BCUT2D eigenvalue weighted by molar-refractivity contribution is 0.0468. The topological polar surface area (TPSA) is 44.1 Å². The van der Waals surface area contributed by atoms with Crippen molar-refractivity contribution in [2.45, 2.75) is 6.42 Å². The normalized spacial score (nSPS) is 14.2. The average Bonchev–Trinajstić information content (AvgIpc) is 2.78. The van der Waals surface area contributed by atoms with E-state index in [2.05, 4.69) is 4.98 Å². The number of rotatable bonds is 1. The van der Waals surface area contributed by atoms with Crippen LogP contribution in [0.3, 0.4) is 0 Å². The number of hydrogen-bond acceptors (Lipinski definition) is 3. The highest BCUT2D eigenvalue weighted by Crippen LogP contribution is 2.21. The van der Waals surface area contributed by atoms with E-state index in [0.717, 1.165) is 12.1 Å². The second kappa shape index (κ2) is 3.90. The first-order valence-electron chi connectivity index (χ1n) is 5.35. The maximum absolute atomic E-state index is 13.2. The lowest BCUT2D eigenvalue weighted by Crippen LogP contribution is -2.20. The average molecular weight is 250 g/mol. The van der Waals surface area contributed by atoms with E-state index in [4.69, 9.17) is 4.74 Å². The molecule has 2 heterocycles. The third-order valence-electron chi connectivity index (χ3n) is 2.79. The highest BCUT2D eigenvalue weighted by Gasteiger charge is 2.25. The molecule has 0 bridgehead atoms. The van der Waals surface area contributed by atoms with Gasteiger partial charge in [-0.3, -0.25) is 4.57 Å². The molecule has 0 aliphatic carbocycles. The third kappa shape index (κ3) is 1.57. The van der Waals surface area contributed by atoms with Gasteiger partial charge in [0.05, 0.1) is 18.0 Å². The predicted molar refractivity (Wildman–Crippen MR) is 57.5 cm³/mol. The lowest BCUT2D eigenvalue weighted by atomic mass is 10.2. The molecule has 0 radical (unpaired) electrons. The summed E-state index contributed by atoms with van der Waals surface area (Å²) >= 11 is 0. The van der Waals surface area contributed by atoms with Gasteiger partial charge in [-0.25, -0.2) is 18.6 Å². The second-order valence-corrected chi connectivity index (χ2v) is 3.89. The van der Waals surface area contributed by atoms with Crippen molar-refractivity contribution in [3.05, 3.63) is 47.5 Å². The number of cyclic esters (lactones) is 1. The fourth-order valence-electron chi connectivity index (χ4n) is 1.92. The fourth-order valence-corrected chi connectivity index (χ4v) is 1.92. The Hall–Kier alpha value is -2.24. The number of carbonyl (C=O) groups excluding carboxylic acids is 1. The van der Waals surface area contributed by atoms with Crippen LogP contribution >= 0.6 is 0 Å². The van der Waals surface area contributed by atoms with E-state index in [9.17, 15) is 13.6 Å². The molecule has 18 heavy (non-hydrogen) atoms. The zero-order valence-electron chi connectivity index (χ0n) is 9.19. The standard InChI is InChI=1S/C12H8F2N2O2/c13-8-2-1-7(5-9(8)14)16-6-15-10-3-4-18-12(17)11(10)16/h1-2,5-6H,3-4H2. The van der Waals surface area contributed by atoms with Gasteiger partial charge >= 0.3 is 5.97 Å². The Kier molecular flexibility index (Phi) is 2.36. The summed E-state index contributed by atoms with van der Waals surface area (Å²) in [6.45, 7) is 0.292. The van der Waals surface area contributed by atoms with E-state index in [-0.39, 0.29) is 5.69 Å². The van der Waals surface area contributed by atoms with E-state index in [1.807, 2.05) is 0 Å². The minimum absolute atomic E-state index is 0.271. The summed E-state index contributed by atoms with van der Waals surface area (Å²) in [5.74, 6) is -2.41. The monoisotopic (exact) mass is 250 g/mol. The number of aromatic nitrogens is 2. The van der Waals surface area contributed by atoms with Gasteiger partial charge in [-0.05, 0) is 12.1 Å². The molecule has 1 aromatic carbocycles. The molecule has 3 rings (SSSR count). The number of halogens is 2. The number of hydrogen-bond donors (Lipinski definition) is 0. The van der Waals surface area contributed by atoms with Gasteiger partial charge in [0, 0.05) is 12.5 Å². The highest BCUT2D eigenvalue weighted by molar-refractivity contribution is 5.90. The molecule has 6 heteroatoms.